The Bertz CT molecular complexity index is 649. The lowest BCUT2D eigenvalue weighted by molar-refractivity contribution is -0.126. The van der Waals surface area contributed by atoms with Crippen LogP contribution >= 0.6 is 11.6 Å². The van der Waals surface area contributed by atoms with Gasteiger partial charge in [0.2, 0.25) is 5.91 Å². The van der Waals surface area contributed by atoms with Gasteiger partial charge in [-0.1, -0.05) is 23.7 Å². The minimum Gasteiger partial charge on any atom is -0.381 e. The van der Waals surface area contributed by atoms with Crippen LogP contribution in [-0.4, -0.2) is 61.1 Å². The first-order valence-corrected chi connectivity index (χ1v) is 9.64. The van der Waals surface area contributed by atoms with E-state index < -0.39 is 0 Å². The molecule has 0 radical (unpaired) electrons. The van der Waals surface area contributed by atoms with E-state index in [-0.39, 0.29) is 23.9 Å². The van der Waals surface area contributed by atoms with Gasteiger partial charge < -0.3 is 15.4 Å². The molecule has 2 fully saturated rings. The summed E-state index contributed by atoms with van der Waals surface area (Å²) in [6, 6.07) is 7.04. The number of carbonyl (C=O) groups is 2. The zero-order chi connectivity index (χ0) is 18.5. The van der Waals surface area contributed by atoms with Crippen LogP contribution in [0.4, 0.5) is 0 Å². The lowest BCUT2D eigenvalue weighted by Gasteiger charge is -2.34. The maximum Gasteiger partial charge on any atom is 0.253 e. The quantitative estimate of drug-likeness (QED) is 0.818. The van der Waals surface area contributed by atoms with Crippen LogP contribution in [0.15, 0.2) is 24.3 Å². The van der Waals surface area contributed by atoms with Crippen molar-refractivity contribution in [3.63, 3.8) is 0 Å². The molecule has 0 saturated carbocycles. The number of likely N-dealkylation sites (N-methyl/N-ethyl adjacent to an activating group) is 1. The summed E-state index contributed by atoms with van der Waals surface area (Å²) in [4.78, 5) is 27.3. The highest BCUT2D eigenvalue weighted by molar-refractivity contribution is 6.33. The molecule has 1 aromatic carbocycles. The van der Waals surface area contributed by atoms with E-state index in [0.717, 1.165) is 26.1 Å². The lowest BCUT2D eigenvalue weighted by atomic mass is 10.1. The van der Waals surface area contributed by atoms with E-state index in [4.69, 9.17) is 16.3 Å². The fraction of sp³-hybridized carbons (Fsp3) is 0.579. The van der Waals surface area contributed by atoms with Crippen molar-refractivity contribution in [1.29, 1.82) is 0 Å². The summed E-state index contributed by atoms with van der Waals surface area (Å²) in [6.07, 6.45) is 2.45. The molecule has 2 atom stereocenters. The normalized spacial score (nSPS) is 24.4. The van der Waals surface area contributed by atoms with E-state index in [1.807, 2.05) is 6.92 Å². The molecule has 2 heterocycles. The van der Waals surface area contributed by atoms with Gasteiger partial charge in [-0.3, -0.25) is 14.5 Å². The Morgan fingerprint density at radius 2 is 2.00 bits per heavy atom. The maximum atomic E-state index is 12.6. The van der Waals surface area contributed by atoms with Gasteiger partial charge in [0.15, 0.2) is 0 Å². The molecule has 26 heavy (non-hydrogen) atoms. The van der Waals surface area contributed by atoms with Crippen LogP contribution in [0.1, 0.15) is 36.5 Å². The zero-order valence-electron chi connectivity index (χ0n) is 15.0. The third-order valence-corrected chi connectivity index (χ3v) is 5.44. The monoisotopic (exact) mass is 379 g/mol. The molecule has 142 valence electrons. The van der Waals surface area contributed by atoms with Gasteiger partial charge >= 0.3 is 0 Å². The number of carbonyl (C=O) groups excluding carboxylic acids is 2. The second-order valence-electron chi connectivity index (χ2n) is 6.84. The molecule has 7 heteroatoms. The molecule has 0 unspecified atom stereocenters. The maximum absolute atomic E-state index is 12.6. The smallest absolute Gasteiger partial charge is 0.253 e. The molecule has 2 saturated heterocycles. The minimum atomic E-state index is -0.213. The molecular weight excluding hydrogens is 354 g/mol. The van der Waals surface area contributed by atoms with Gasteiger partial charge in [-0.2, -0.15) is 0 Å². The molecule has 2 aliphatic heterocycles. The van der Waals surface area contributed by atoms with Crippen LogP contribution in [-0.2, 0) is 9.53 Å². The number of benzene rings is 1. The first-order chi connectivity index (χ1) is 12.6. The number of nitrogens with zero attached hydrogens (tertiary/aromatic N) is 1. The van der Waals surface area contributed by atoms with Crippen molar-refractivity contribution in [3.8, 4) is 0 Å². The SMILES string of the molecule is CCNC(=O)[C@@H]1C[C@H](NC(=O)c2ccccc2Cl)CN1C1CCOCC1. The Morgan fingerprint density at radius 3 is 2.69 bits per heavy atom. The molecule has 3 rings (SSSR count). The summed E-state index contributed by atoms with van der Waals surface area (Å²) in [5.74, 6) is -0.155. The molecule has 2 aliphatic rings. The highest BCUT2D eigenvalue weighted by atomic mass is 35.5. The number of nitrogens with one attached hydrogen (secondary N) is 2. The van der Waals surface area contributed by atoms with Gasteiger partial charge in [0.25, 0.3) is 5.91 Å². The van der Waals surface area contributed by atoms with E-state index in [9.17, 15) is 9.59 Å². The predicted octanol–water partition coefficient (Wildman–Crippen LogP) is 1.83. The van der Waals surface area contributed by atoms with Gasteiger partial charge in [-0.25, -0.2) is 0 Å². The second kappa shape index (κ2) is 8.84. The summed E-state index contributed by atoms with van der Waals surface area (Å²) in [5, 5.41) is 6.42. The van der Waals surface area contributed by atoms with Gasteiger partial charge in [-0.05, 0) is 38.3 Å². The number of rotatable bonds is 5. The van der Waals surface area contributed by atoms with Crippen molar-refractivity contribution in [2.75, 3.05) is 26.3 Å². The predicted molar refractivity (Wildman–Crippen MR) is 100 cm³/mol. The molecule has 2 amide bonds. The van der Waals surface area contributed by atoms with E-state index in [2.05, 4.69) is 15.5 Å². The summed E-state index contributed by atoms with van der Waals surface area (Å²) < 4.78 is 5.45. The number of likely N-dealkylation sites (tertiary alicyclic amines) is 1. The molecule has 0 aromatic heterocycles. The van der Waals surface area contributed by atoms with Crippen molar-refractivity contribution in [2.24, 2.45) is 0 Å². The Morgan fingerprint density at radius 1 is 1.27 bits per heavy atom. The van der Waals surface area contributed by atoms with Crippen molar-refractivity contribution in [1.82, 2.24) is 15.5 Å². The first kappa shape index (κ1) is 19.1. The third-order valence-electron chi connectivity index (χ3n) is 5.11. The Kier molecular flexibility index (Phi) is 6.51. The fourth-order valence-electron chi connectivity index (χ4n) is 3.84. The Balaban J connectivity index is 1.69. The van der Waals surface area contributed by atoms with Gasteiger partial charge in [-0.15, -0.1) is 0 Å². The van der Waals surface area contributed by atoms with Crippen molar-refractivity contribution in [3.05, 3.63) is 34.9 Å². The van der Waals surface area contributed by atoms with E-state index in [0.29, 0.717) is 36.1 Å². The number of ether oxygens (including phenoxy) is 1. The molecule has 2 N–H and O–H groups in total. The van der Waals surface area contributed by atoms with E-state index in [1.54, 1.807) is 24.3 Å². The lowest BCUT2D eigenvalue weighted by Crippen LogP contribution is -2.49. The van der Waals surface area contributed by atoms with Crippen molar-refractivity contribution in [2.45, 2.75) is 44.3 Å². The molecule has 1 aromatic rings. The average Bonchev–Trinajstić information content (AvgIpc) is 3.07. The van der Waals surface area contributed by atoms with E-state index in [1.165, 1.54) is 0 Å². The fourth-order valence-corrected chi connectivity index (χ4v) is 4.07. The third kappa shape index (κ3) is 4.37. The first-order valence-electron chi connectivity index (χ1n) is 9.26. The van der Waals surface area contributed by atoms with Crippen molar-refractivity contribution < 1.29 is 14.3 Å². The number of halogens is 1. The largest absolute Gasteiger partial charge is 0.381 e. The van der Waals surface area contributed by atoms with Crippen LogP contribution in [0, 0.1) is 0 Å². The summed E-state index contributed by atoms with van der Waals surface area (Å²) in [7, 11) is 0. The highest BCUT2D eigenvalue weighted by Crippen LogP contribution is 2.26. The summed E-state index contributed by atoms with van der Waals surface area (Å²) in [5.41, 5.74) is 0.466. The van der Waals surface area contributed by atoms with Crippen LogP contribution < -0.4 is 10.6 Å². The highest BCUT2D eigenvalue weighted by Gasteiger charge is 2.41. The molecule has 0 aliphatic carbocycles. The molecule has 6 nitrogen and oxygen atoms in total. The van der Waals surface area contributed by atoms with Crippen LogP contribution in [0.5, 0.6) is 0 Å². The van der Waals surface area contributed by atoms with Gasteiger partial charge in [0.05, 0.1) is 16.6 Å². The van der Waals surface area contributed by atoms with E-state index >= 15 is 0 Å². The number of amides is 2. The second-order valence-corrected chi connectivity index (χ2v) is 7.24. The van der Waals surface area contributed by atoms with Crippen LogP contribution in [0.2, 0.25) is 5.02 Å². The molecule has 0 bridgehead atoms. The topological polar surface area (TPSA) is 70.7 Å². The van der Waals surface area contributed by atoms with Gasteiger partial charge in [0.1, 0.15) is 0 Å². The Labute approximate surface area is 159 Å². The van der Waals surface area contributed by atoms with Crippen LogP contribution in [0.3, 0.4) is 0 Å². The number of hydrogen-bond donors (Lipinski definition) is 2. The number of hydrogen-bond acceptors (Lipinski definition) is 4. The summed E-state index contributed by atoms with van der Waals surface area (Å²) >= 11 is 6.13. The standard InChI is InChI=1S/C19H26ClN3O3/c1-2-21-19(25)17-11-13(12-23(17)14-7-9-26-10-8-14)22-18(24)15-5-3-4-6-16(15)20/h3-6,13-14,17H,2,7-12H2,1H3,(H,21,25)(H,22,24)/t13-,17-/m0/s1. The minimum absolute atomic E-state index is 0.0356. The average molecular weight is 380 g/mol. The van der Waals surface area contributed by atoms with Crippen molar-refractivity contribution >= 4 is 23.4 Å². The Hall–Kier alpha value is -1.63. The van der Waals surface area contributed by atoms with Crippen LogP contribution in [0.25, 0.3) is 0 Å². The zero-order valence-corrected chi connectivity index (χ0v) is 15.8. The van der Waals surface area contributed by atoms with Gasteiger partial charge in [0, 0.05) is 38.4 Å². The summed E-state index contributed by atoms with van der Waals surface area (Å²) in [6.45, 7) is 4.64. The molecular formula is C19H26ClN3O3. The molecule has 0 spiro atoms.